The predicted octanol–water partition coefficient (Wildman–Crippen LogP) is 2.79. The van der Waals surface area contributed by atoms with Crippen LogP contribution in [0.5, 0.6) is 0 Å². The summed E-state index contributed by atoms with van der Waals surface area (Å²) in [6.07, 6.45) is 3.96. The van der Waals surface area contributed by atoms with Gasteiger partial charge in [-0.25, -0.2) is 4.98 Å². The van der Waals surface area contributed by atoms with Gasteiger partial charge >= 0.3 is 5.97 Å². The number of aliphatic carboxylic acids is 1. The molecule has 1 aliphatic carbocycles. The molecule has 0 spiro atoms. The molecule has 36 heavy (non-hydrogen) atoms. The number of amides is 1. The quantitative estimate of drug-likeness (QED) is 0.283. The molecule has 1 amide bonds. The maximum Gasteiger partial charge on any atom is 0.303 e. The molecule has 2 fully saturated rings. The summed E-state index contributed by atoms with van der Waals surface area (Å²) in [5.74, 6) is 0.0197. The number of imidazole rings is 1. The first-order valence-electron chi connectivity index (χ1n) is 12.4. The summed E-state index contributed by atoms with van der Waals surface area (Å²) < 4.78 is 1.98. The highest BCUT2D eigenvalue weighted by Crippen LogP contribution is 2.51. The van der Waals surface area contributed by atoms with Crippen LogP contribution >= 0.6 is 0 Å². The number of carboxylic acids is 1. The van der Waals surface area contributed by atoms with Gasteiger partial charge in [-0.2, -0.15) is 0 Å². The Hall–Kier alpha value is -3.72. The van der Waals surface area contributed by atoms with Gasteiger partial charge in [-0.3, -0.25) is 15.0 Å². The lowest BCUT2D eigenvalue weighted by molar-refractivity contribution is -0.139. The highest BCUT2D eigenvalue weighted by molar-refractivity contribution is 5.95. The Morgan fingerprint density at radius 1 is 1.22 bits per heavy atom. The zero-order valence-electron chi connectivity index (χ0n) is 20.4. The Morgan fingerprint density at radius 3 is 2.58 bits per heavy atom. The Morgan fingerprint density at radius 2 is 1.94 bits per heavy atom. The van der Waals surface area contributed by atoms with Crippen molar-refractivity contribution in [1.82, 2.24) is 14.5 Å². The Balaban J connectivity index is 1.41. The lowest BCUT2D eigenvalue weighted by Crippen LogP contribution is -2.42. The van der Waals surface area contributed by atoms with E-state index in [2.05, 4.69) is 0 Å². The van der Waals surface area contributed by atoms with Crippen molar-refractivity contribution in [3.05, 3.63) is 65.0 Å². The van der Waals surface area contributed by atoms with Crippen molar-refractivity contribution in [3.63, 3.8) is 0 Å². The number of fused-ring (bicyclic) bond motifs is 1. The summed E-state index contributed by atoms with van der Waals surface area (Å²) >= 11 is 0. The fourth-order valence-corrected chi connectivity index (χ4v) is 5.53. The topological polar surface area (TPSA) is 151 Å². The molecule has 1 aromatic heterocycles. The molecule has 188 valence electrons. The first-order valence-corrected chi connectivity index (χ1v) is 12.4. The summed E-state index contributed by atoms with van der Waals surface area (Å²) in [5.41, 5.74) is 15.8. The number of carbonyl (C=O) groups is 2. The van der Waals surface area contributed by atoms with Crippen LogP contribution in [-0.4, -0.2) is 49.9 Å². The standard InChI is InChI=1S/C27H32N6O3/c1-32-21-10-8-18(27(12-13-27)26(36)33-14-2-3-19(33)9-11-22(34)35)15-20(21)31-25(32)23(28)16-4-6-17(7-5-16)24(29)30/h4-8,10,15,19,23H,2-3,9,11-14,28H2,1H3,(H3,29,30)(H,34,35). The highest BCUT2D eigenvalue weighted by Gasteiger charge is 2.54. The number of benzene rings is 2. The average Bonchev–Trinajstić information content (AvgIpc) is 3.43. The monoisotopic (exact) mass is 488 g/mol. The maximum atomic E-state index is 13.7. The van der Waals surface area contributed by atoms with E-state index in [1.165, 1.54) is 0 Å². The molecular formula is C27H32N6O3. The lowest BCUT2D eigenvalue weighted by Gasteiger charge is -2.29. The van der Waals surface area contributed by atoms with Gasteiger partial charge in [0.15, 0.2) is 0 Å². The van der Waals surface area contributed by atoms with Crippen LogP contribution in [0.15, 0.2) is 42.5 Å². The largest absolute Gasteiger partial charge is 0.481 e. The number of nitrogens with two attached hydrogens (primary N) is 2. The van der Waals surface area contributed by atoms with Crippen molar-refractivity contribution in [2.24, 2.45) is 18.5 Å². The number of carbonyl (C=O) groups excluding carboxylic acids is 1. The number of aromatic nitrogens is 2. The molecule has 2 aromatic carbocycles. The number of aryl methyl sites for hydroxylation is 1. The minimum Gasteiger partial charge on any atom is -0.481 e. The molecule has 6 N–H and O–H groups in total. The van der Waals surface area contributed by atoms with Crippen LogP contribution in [-0.2, 0) is 22.1 Å². The van der Waals surface area contributed by atoms with Gasteiger partial charge in [0.05, 0.1) is 22.5 Å². The fraction of sp³-hybridized carbons (Fsp3) is 0.407. The second-order valence-corrected chi connectivity index (χ2v) is 10.1. The summed E-state index contributed by atoms with van der Waals surface area (Å²) in [7, 11) is 1.93. The minimum atomic E-state index is -0.820. The third kappa shape index (κ3) is 4.13. The summed E-state index contributed by atoms with van der Waals surface area (Å²) in [6, 6.07) is 12.9. The number of hydrogen-bond donors (Lipinski definition) is 4. The van der Waals surface area contributed by atoms with E-state index in [9.17, 15) is 9.59 Å². The first-order chi connectivity index (χ1) is 17.2. The highest BCUT2D eigenvalue weighted by atomic mass is 16.4. The first kappa shape index (κ1) is 24.0. The van der Waals surface area contributed by atoms with Crippen molar-refractivity contribution in [2.45, 2.75) is 56.0 Å². The third-order valence-electron chi connectivity index (χ3n) is 7.82. The number of nitrogens with one attached hydrogen (secondary N) is 1. The Kier molecular flexibility index (Phi) is 6.04. The van der Waals surface area contributed by atoms with Crippen molar-refractivity contribution in [2.75, 3.05) is 6.54 Å². The normalized spacial score (nSPS) is 19.4. The maximum absolute atomic E-state index is 13.7. The molecule has 0 radical (unpaired) electrons. The zero-order chi connectivity index (χ0) is 25.6. The summed E-state index contributed by atoms with van der Waals surface area (Å²) in [4.78, 5) is 31.5. The minimum absolute atomic E-state index is 0.00338. The second kappa shape index (κ2) is 9.05. The van der Waals surface area contributed by atoms with Crippen molar-refractivity contribution in [1.29, 1.82) is 5.41 Å². The summed E-state index contributed by atoms with van der Waals surface area (Å²) in [5, 5.41) is 16.7. The molecule has 2 unspecified atom stereocenters. The van der Waals surface area contributed by atoms with Gasteiger partial charge in [0.25, 0.3) is 0 Å². The van der Waals surface area contributed by atoms with Gasteiger partial charge in [-0.05, 0) is 55.4 Å². The SMILES string of the molecule is Cn1c(C(N)c2ccc(C(=N)N)cc2)nc2cc(C3(C(=O)N4CCCC4CCC(=O)O)CC3)ccc21. The molecule has 5 rings (SSSR count). The predicted molar refractivity (Wildman–Crippen MR) is 137 cm³/mol. The zero-order valence-corrected chi connectivity index (χ0v) is 20.4. The molecule has 2 atom stereocenters. The third-order valence-corrected chi connectivity index (χ3v) is 7.82. The number of amidine groups is 1. The number of nitrogen functional groups attached to an aromatic ring is 1. The second-order valence-electron chi connectivity index (χ2n) is 10.1. The van der Waals surface area contributed by atoms with E-state index in [0.717, 1.165) is 47.8 Å². The van der Waals surface area contributed by atoms with Crippen LogP contribution in [0.1, 0.15) is 67.1 Å². The van der Waals surface area contributed by atoms with Gasteiger partial charge in [-0.1, -0.05) is 30.3 Å². The van der Waals surface area contributed by atoms with E-state index in [1.54, 1.807) is 12.1 Å². The van der Waals surface area contributed by atoms with Gasteiger partial charge in [0.1, 0.15) is 11.7 Å². The van der Waals surface area contributed by atoms with E-state index >= 15 is 0 Å². The number of nitrogens with zero attached hydrogens (tertiary/aromatic N) is 3. The van der Waals surface area contributed by atoms with E-state index in [0.29, 0.717) is 24.4 Å². The van der Waals surface area contributed by atoms with Crippen molar-refractivity contribution < 1.29 is 14.7 Å². The molecule has 0 bridgehead atoms. The van der Waals surface area contributed by atoms with E-state index in [-0.39, 0.29) is 24.2 Å². The molecule has 9 nitrogen and oxygen atoms in total. The molecule has 1 saturated carbocycles. The fourth-order valence-electron chi connectivity index (χ4n) is 5.53. The molecule has 2 heterocycles. The Labute approximate surface area is 209 Å². The number of rotatable bonds is 8. The molecule has 2 aliphatic rings. The van der Waals surface area contributed by atoms with Crippen LogP contribution in [0, 0.1) is 5.41 Å². The van der Waals surface area contributed by atoms with Crippen molar-refractivity contribution in [3.8, 4) is 0 Å². The number of likely N-dealkylation sites (tertiary alicyclic amines) is 1. The number of hydrogen-bond acceptors (Lipinski definition) is 5. The molecular weight excluding hydrogens is 456 g/mol. The average molecular weight is 489 g/mol. The van der Waals surface area contributed by atoms with Crippen LogP contribution in [0.3, 0.4) is 0 Å². The van der Waals surface area contributed by atoms with Gasteiger partial charge < -0.3 is 26.0 Å². The van der Waals surface area contributed by atoms with Crippen LogP contribution in [0.2, 0.25) is 0 Å². The molecule has 3 aromatic rings. The van der Waals surface area contributed by atoms with Crippen LogP contribution in [0.4, 0.5) is 0 Å². The van der Waals surface area contributed by atoms with Crippen LogP contribution in [0.25, 0.3) is 11.0 Å². The molecule has 1 aliphatic heterocycles. The van der Waals surface area contributed by atoms with E-state index in [4.69, 9.17) is 27.0 Å². The molecule has 9 heteroatoms. The summed E-state index contributed by atoms with van der Waals surface area (Å²) in [6.45, 7) is 0.693. The van der Waals surface area contributed by atoms with Crippen molar-refractivity contribution >= 4 is 28.7 Å². The lowest BCUT2D eigenvalue weighted by atomic mass is 9.93. The van der Waals surface area contributed by atoms with Gasteiger partial charge in [-0.15, -0.1) is 0 Å². The van der Waals surface area contributed by atoms with Crippen LogP contribution < -0.4 is 11.5 Å². The van der Waals surface area contributed by atoms with Gasteiger partial charge in [0, 0.05) is 31.6 Å². The van der Waals surface area contributed by atoms with E-state index < -0.39 is 17.4 Å². The van der Waals surface area contributed by atoms with Gasteiger partial charge in [0.2, 0.25) is 5.91 Å². The van der Waals surface area contributed by atoms with E-state index in [1.807, 2.05) is 46.8 Å². The Bertz CT molecular complexity index is 1340. The smallest absolute Gasteiger partial charge is 0.303 e. The number of carboxylic acid groups (broad SMARTS) is 1. The molecule has 1 saturated heterocycles.